The molecule has 1 aromatic rings. The molecule has 0 atom stereocenters. The van der Waals surface area contributed by atoms with Gasteiger partial charge in [0.25, 0.3) is 0 Å². The van der Waals surface area contributed by atoms with Gasteiger partial charge < -0.3 is 20.9 Å². The highest BCUT2D eigenvalue weighted by Gasteiger charge is 2.28. The van der Waals surface area contributed by atoms with E-state index in [0.29, 0.717) is 19.6 Å². The maximum absolute atomic E-state index is 11.6. The molecular formula is C20H34IN5O. The molecule has 6 nitrogen and oxygen atoms in total. The highest BCUT2D eigenvalue weighted by Crippen LogP contribution is 2.28. The van der Waals surface area contributed by atoms with Crippen molar-refractivity contribution in [2.45, 2.75) is 39.8 Å². The molecule has 152 valence electrons. The zero-order valence-electron chi connectivity index (χ0n) is 16.8. The minimum atomic E-state index is 0. The molecule has 0 unspecified atom stereocenters. The van der Waals surface area contributed by atoms with Crippen LogP contribution in [-0.4, -0.2) is 50.0 Å². The van der Waals surface area contributed by atoms with Crippen LogP contribution in [0.4, 0.5) is 0 Å². The lowest BCUT2D eigenvalue weighted by molar-refractivity contribution is -0.122. The summed E-state index contributed by atoms with van der Waals surface area (Å²) in [5.74, 6) is 1.22. The molecule has 2 rings (SSSR count). The first-order valence-corrected chi connectivity index (χ1v) is 9.68. The van der Waals surface area contributed by atoms with Gasteiger partial charge in [-0.3, -0.25) is 4.79 Å². The van der Waals surface area contributed by atoms with Crippen LogP contribution in [0.5, 0.6) is 0 Å². The average molecular weight is 487 g/mol. The van der Waals surface area contributed by atoms with Crippen LogP contribution in [-0.2, 0) is 17.9 Å². The number of aliphatic imine (C=N–C) groups is 1. The van der Waals surface area contributed by atoms with Crippen LogP contribution in [0.15, 0.2) is 29.3 Å². The number of nitrogens with zero attached hydrogens (tertiary/aromatic N) is 2. The Morgan fingerprint density at radius 2 is 1.85 bits per heavy atom. The van der Waals surface area contributed by atoms with Gasteiger partial charge in [-0.25, -0.2) is 4.99 Å². The summed E-state index contributed by atoms with van der Waals surface area (Å²) in [6, 6.07) is 8.58. The number of amides is 1. The maximum atomic E-state index is 11.6. The largest absolute Gasteiger partial charge is 0.357 e. The van der Waals surface area contributed by atoms with Crippen LogP contribution in [0.1, 0.15) is 37.8 Å². The molecule has 1 aromatic carbocycles. The van der Waals surface area contributed by atoms with Crippen molar-refractivity contribution in [1.82, 2.24) is 20.9 Å². The molecule has 7 heteroatoms. The van der Waals surface area contributed by atoms with E-state index in [-0.39, 0.29) is 35.8 Å². The minimum absolute atomic E-state index is 0. The van der Waals surface area contributed by atoms with Crippen molar-refractivity contribution in [3.8, 4) is 0 Å². The standard InChI is InChI=1S/C20H33N5O.HI/c1-4-21-20(23-12-11-22-19(26)18-9-10-18)24-14-16-7-6-8-17(13-16)15-25(3)5-2;/h6-8,13,18H,4-5,9-12,14-15H2,1-3H3,(H,22,26)(H2,21,23,24);1H. The Morgan fingerprint density at radius 3 is 2.52 bits per heavy atom. The molecular weight excluding hydrogens is 453 g/mol. The quantitative estimate of drug-likeness (QED) is 0.205. The van der Waals surface area contributed by atoms with Crippen molar-refractivity contribution >= 4 is 35.8 Å². The van der Waals surface area contributed by atoms with Crippen LogP contribution < -0.4 is 16.0 Å². The summed E-state index contributed by atoms with van der Waals surface area (Å²) in [6.45, 7) is 8.93. The molecule has 0 aromatic heterocycles. The molecule has 0 heterocycles. The third-order valence-corrected chi connectivity index (χ3v) is 4.41. The van der Waals surface area contributed by atoms with Crippen molar-refractivity contribution < 1.29 is 4.79 Å². The van der Waals surface area contributed by atoms with Crippen molar-refractivity contribution in [3.05, 3.63) is 35.4 Å². The topological polar surface area (TPSA) is 68.8 Å². The van der Waals surface area contributed by atoms with E-state index in [1.165, 1.54) is 11.1 Å². The lowest BCUT2D eigenvalue weighted by atomic mass is 10.1. The summed E-state index contributed by atoms with van der Waals surface area (Å²) in [6.07, 6.45) is 2.08. The van der Waals surface area contributed by atoms with Gasteiger partial charge in [-0.05, 0) is 44.5 Å². The molecule has 1 amide bonds. The number of halogens is 1. The Bertz CT molecular complexity index is 604. The normalized spacial score (nSPS) is 13.9. The zero-order chi connectivity index (χ0) is 18.8. The Morgan fingerprint density at radius 1 is 1.15 bits per heavy atom. The van der Waals surface area contributed by atoms with Gasteiger partial charge in [0.1, 0.15) is 0 Å². The van der Waals surface area contributed by atoms with Crippen LogP contribution >= 0.6 is 24.0 Å². The van der Waals surface area contributed by atoms with E-state index in [9.17, 15) is 4.79 Å². The lowest BCUT2D eigenvalue weighted by Gasteiger charge is -2.14. The number of nitrogens with one attached hydrogen (secondary N) is 3. The summed E-state index contributed by atoms with van der Waals surface area (Å²) in [4.78, 5) is 18.6. The number of hydrogen-bond acceptors (Lipinski definition) is 3. The molecule has 0 aliphatic heterocycles. The molecule has 0 spiro atoms. The number of rotatable bonds is 10. The summed E-state index contributed by atoms with van der Waals surface area (Å²) in [5, 5.41) is 9.49. The minimum Gasteiger partial charge on any atom is -0.357 e. The molecule has 0 bridgehead atoms. The number of carbonyl (C=O) groups excluding carboxylic acids is 1. The molecule has 3 N–H and O–H groups in total. The average Bonchev–Trinajstić information content (AvgIpc) is 3.48. The van der Waals surface area contributed by atoms with E-state index in [2.05, 4.69) is 64.1 Å². The van der Waals surface area contributed by atoms with Crippen LogP contribution in [0.3, 0.4) is 0 Å². The van der Waals surface area contributed by atoms with Crippen molar-refractivity contribution in [3.63, 3.8) is 0 Å². The second-order valence-electron chi connectivity index (χ2n) is 6.84. The molecule has 1 saturated carbocycles. The first-order valence-electron chi connectivity index (χ1n) is 9.68. The molecule has 0 saturated heterocycles. The van der Waals surface area contributed by atoms with Gasteiger partial charge in [0, 0.05) is 32.1 Å². The Kier molecular flexibility index (Phi) is 11.3. The van der Waals surface area contributed by atoms with Crippen molar-refractivity contribution in [1.29, 1.82) is 0 Å². The fourth-order valence-corrected chi connectivity index (χ4v) is 2.62. The SMILES string of the molecule is CCNC(=NCc1cccc(CN(C)CC)c1)NCCNC(=O)C1CC1.I. The van der Waals surface area contributed by atoms with Gasteiger partial charge in [0.2, 0.25) is 5.91 Å². The fourth-order valence-electron chi connectivity index (χ4n) is 2.62. The van der Waals surface area contributed by atoms with Crippen molar-refractivity contribution in [2.75, 3.05) is 33.2 Å². The first kappa shape index (κ1) is 23.7. The van der Waals surface area contributed by atoms with E-state index >= 15 is 0 Å². The van der Waals surface area contributed by atoms with E-state index < -0.39 is 0 Å². The molecule has 1 fully saturated rings. The Labute approximate surface area is 180 Å². The molecule has 1 aliphatic rings. The molecule has 1 aliphatic carbocycles. The van der Waals surface area contributed by atoms with Crippen LogP contribution in [0.2, 0.25) is 0 Å². The highest BCUT2D eigenvalue weighted by molar-refractivity contribution is 14.0. The van der Waals surface area contributed by atoms with E-state index in [0.717, 1.165) is 38.4 Å². The second-order valence-corrected chi connectivity index (χ2v) is 6.84. The Balaban J connectivity index is 0.00000364. The van der Waals surface area contributed by atoms with Gasteiger partial charge in [0.05, 0.1) is 6.54 Å². The van der Waals surface area contributed by atoms with Gasteiger partial charge in [-0.1, -0.05) is 31.2 Å². The zero-order valence-corrected chi connectivity index (χ0v) is 19.1. The van der Waals surface area contributed by atoms with Crippen LogP contribution in [0.25, 0.3) is 0 Å². The summed E-state index contributed by atoms with van der Waals surface area (Å²) < 4.78 is 0. The number of hydrogen-bond donors (Lipinski definition) is 3. The first-order chi connectivity index (χ1) is 12.6. The Hall–Kier alpha value is -1.35. The lowest BCUT2D eigenvalue weighted by Crippen LogP contribution is -2.41. The molecule has 0 radical (unpaired) electrons. The fraction of sp³-hybridized carbons (Fsp3) is 0.600. The number of carbonyl (C=O) groups is 1. The smallest absolute Gasteiger partial charge is 0.223 e. The third kappa shape index (κ3) is 9.41. The molecule has 27 heavy (non-hydrogen) atoms. The maximum Gasteiger partial charge on any atom is 0.223 e. The van der Waals surface area contributed by atoms with E-state index in [4.69, 9.17) is 0 Å². The van der Waals surface area contributed by atoms with Gasteiger partial charge in [0.15, 0.2) is 5.96 Å². The second kappa shape index (κ2) is 12.9. The van der Waals surface area contributed by atoms with E-state index in [1.807, 2.05) is 6.92 Å². The summed E-state index contributed by atoms with van der Waals surface area (Å²) in [5.41, 5.74) is 2.51. The third-order valence-electron chi connectivity index (χ3n) is 4.41. The predicted octanol–water partition coefficient (Wildman–Crippen LogP) is 2.34. The summed E-state index contributed by atoms with van der Waals surface area (Å²) in [7, 11) is 2.13. The van der Waals surface area contributed by atoms with Crippen molar-refractivity contribution in [2.24, 2.45) is 10.9 Å². The predicted molar refractivity (Wildman–Crippen MR) is 122 cm³/mol. The van der Waals surface area contributed by atoms with Gasteiger partial charge in [-0.15, -0.1) is 24.0 Å². The monoisotopic (exact) mass is 487 g/mol. The van der Waals surface area contributed by atoms with Crippen LogP contribution in [0, 0.1) is 5.92 Å². The van der Waals surface area contributed by atoms with E-state index in [1.54, 1.807) is 0 Å². The van der Waals surface area contributed by atoms with Gasteiger partial charge >= 0.3 is 0 Å². The number of guanidine groups is 1. The van der Waals surface area contributed by atoms with Gasteiger partial charge in [-0.2, -0.15) is 0 Å². The highest BCUT2D eigenvalue weighted by atomic mass is 127. The summed E-state index contributed by atoms with van der Waals surface area (Å²) >= 11 is 0. The number of benzene rings is 1.